The molecule has 1 amide bonds. The molecule has 0 N–H and O–H groups in total. The molecule has 0 spiro atoms. The summed E-state index contributed by atoms with van der Waals surface area (Å²) >= 11 is 0. The highest BCUT2D eigenvalue weighted by atomic mass is 16.5. The molecule has 0 atom stereocenters. The maximum absolute atomic E-state index is 13.0. The van der Waals surface area contributed by atoms with Crippen LogP contribution in [0.25, 0.3) is 0 Å². The molecule has 0 aromatic carbocycles. The minimum atomic E-state index is 0.110. The number of likely N-dealkylation sites (N-methyl/N-ethyl adjacent to an activating group) is 1. The van der Waals surface area contributed by atoms with Crippen LogP contribution in [0.15, 0.2) is 12.4 Å². The quantitative estimate of drug-likeness (QED) is 0.756. The molecule has 0 radical (unpaired) electrons. The van der Waals surface area contributed by atoms with Gasteiger partial charge in [0, 0.05) is 65.2 Å². The summed E-state index contributed by atoms with van der Waals surface area (Å²) in [5, 5.41) is 4.16. The average Bonchev–Trinajstić information content (AvgIpc) is 3.07. The van der Waals surface area contributed by atoms with Gasteiger partial charge in [0.05, 0.1) is 11.8 Å². The molecule has 140 valence electrons. The molecule has 2 aliphatic heterocycles. The topological polar surface area (TPSA) is 53.8 Å². The number of hydrogen-bond donors (Lipinski definition) is 0. The molecule has 7 heteroatoms. The molecular formula is C18H31N5O2. The van der Waals surface area contributed by atoms with E-state index in [4.69, 9.17) is 4.74 Å². The van der Waals surface area contributed by atoms with E-state index >= 15 is 0 Å². The number of carbonyl (C=O) groups excluding carboxylic acids is 1. The molecule has 0 aliphatic carbocycles. The molecule has 1 aromatic heterocycles. The fourth-order valence-electron chi connectivity index (χ4n) is 3.68. The van der Waals surface area contributed by atoms with Crippen LogP contribution in [-0.2, 0) is 11.8 Å². The van der Waals surface area contributed by atoms with Gasteiger partial charge in [-0.1, -0.05) is 0 Å². The van der Waals surface area contributed by atoms with Gasteiger partial charge in [0.2, 0.25) is 0 Å². The molecule has 3 heterocycles. The van der Waals surface area contributed by atoms with Crippen molar-refractivity contribution < 1.29 is 9.53 Å². The van der Waals surface area contributed by atoms with Crippen molar-refractivity contribution in [1.29, 1.82) is 0 Å². The van der Waals surface area contributed by atoms with E-state index in [0.29, 0.717) is 5.56 Å². The van der Waals surface area contributed by atoms with Crippen molar-refractivity contribution in [2.45, 2.75) is 25.3 Å². The molecule has 2 aliphatic rings. The van der Waals surface area contributed by atoms with Crippen LogP contribution in [0.5, 0.6) is 0 Å². The lowest BCUT2D eigenvalue weighted by molar-refractivity contribution is 0.0276. The SMILES string of the molecule is CN1CCN(CCCN(C(=O)c2cnn(C)c2)C2CCOCC2)CC1. The van der Waals surface area contributed by atoms with Gasteiger partial charge in [-0.15, -0.1) is 0 Å². The molecule has 1 aromatic rings. The van der Waals surface area contributed by atoms with Gasteiger partial charge in [-0.3, -0.25) is 9.48 Å². The second kappa shape index (κ2) is 8.78. The van der Waals surface area contributed by atoms with Crippen molar-refractivity contribution in [2.24, 2.45) is 7.05 Å². The number of carbonyl (C=O) groups is 1. The first-order valence-electron chi connectivity index (χ1n) is 9.42. The number of rotatable bonds is 6. The Kier molecular flexibility index (Phi) is 6.45. The van der Waals surface area contributed by atoms with Gasteiger partial charge < -0.3 is 19.4 Å². The average molecular weight is 349 g/mol. The minimum absolute atomic E-state index is 0.110. The van der Waals surface area contributed by atoms with E-state index in [1.807, 2.05) is 13.2 Å². The first-order chi connectivity index (χ1) is 12.1. The summed E-state index contributed by atoms with van der Waals surface area (Å²) in [7, 11) is 4.03. The summed E-state index contributed by atoms with van der Waals surface area (Å²) in [6.45, 7) is 7.91. The summed E-state index contributed by atoms with van der Waals surface area (Å²) < 4.78 is 7.18. The molecule has 0 unspecified atom stereocenters. The summed E-state index contributed by atoms with van der Waals surface area (Å²) in [4.78, 5) is 19.9. The van der Waals surface area contributed by atoms with Crippen LogP contribution in [0, 0.1) is 0 Å². The van der Waals surface area contributed by atoms with E-state index in [-0.39, 0.29) is 11.9 Å². The highest BCUT2D eigenvalue weighted by Crippen LogP contribution is 2.18. The largest absolute Gasteiger partial charge is 0.381 e. The summed E-state index contributed by atoms with van der Waals surface area (Å²) in [5.74, 6) is 0.110. The van der Waals surface area contributed by atoms with E-state index in [1.54, 1.807) is 10.9 Å². The third-order valence-electron chi connectivity index (χ3n) is 5.31. The summed E-state index contributed by atoms with van der Waals surface area (Å²) in [5.41, 5.74) is 0.689. The lowest BCUT2D eigenvalue weighted by Crippen LogP contribution is -2.47. The third kappa shape index (κ3) is 5.03. The van der Waals surface area contributed by atoms with Gasteiger partial charge in [0.25, 0.3) is 5.91 Å². The maximum atomic E-state index is 13.0. The first-order valence-corrected chi connectivity index (χ1v) is 9.42. The van der Waals surface area contributed by atoms with Gasteiger partial charge in [-0.05, 0) is 32.9 Å². The lowest BCUT2D eigenvalue weighted by atomic mass is 10.1. The van der Waals surface area contributed by atoms with Crippen LogP contribution in [0.1, 0.15) is 29.6 Å². The Morgan fingerprint density at radius 3 is 2.60 bits per heavy atom. The second-order valence-corrected chi connectivity index (χ2v) is 7.24. The molecule has 0 bridgehead atoms. The van der Waals surface area contributed by atoms with Crippen LogP contribution in [0.3, 0.4) is 0 Å². The van der Waals surface area contributed by atoms with E-state index in [9.17, 15) is 4.79 Å². The Morgan fingerprint density at radius 2 is 1.96 bits per heavy atom. The summed E-state index contributed by atoms with van der Waals surface area (Å²) in [6, 6.07) is 0.286. The molecule has 3 rings (SSSR count). The Morgan fingerprint density at radius 1 is 1.24 bits per heavy atom. The Labute approximate surface area is 150 Å². The monoisotopic (exact) mass is 349 g/mol. The van der Waals surface area contributed by atoms with Crippen LogP contribution in [-0.4, -0.2) is 96.0 Å². The van der Waals surface area contributed by atoms with Gasteiger partial charge in [0.15, 0.2) is 0 Å². The third-order valence-corrected chi connectivity index (χ3v) is 5.31. The number of amides is 1. The van der Waals surface area contributed by atoms with Gasteiger partial charge >= 0.3 is 0 Å². The zero-order valence-corrected chi connectivity index (χ0v) is 15.6. The first kappa shape index (κ1) is 18.4. The highest BCUT2D eigenvalue weighted by molar-refractivity contribution is 5.94. The zero-order chi connectivity index (χ0) is 17.6. The van der Waals surface area contributed by atoms with E-state index in [0.717, 1.165) is 71.7 Å². The van der Waals surface area contributed by atoms with Gasteiger partial charge in [0.1, 0.15) is 0 Å². The van der Waals surface area contributed by atoms with Crippen molar-refractivity contribution in [3.63, 3.8) is 0 Å². The fourth-order valence-corrected chi connectivity index (χ4v) is 3.68. The van der Waals surface area contributed by atoms with Crippen molar-refractivity contribution in [3.8, 4) is 0 Å². The molecule has 2 fully saturated rings. The number of aryl methyl sites for hydroxylation is 1. The molecule has 25 heavy (non-hydrogen) atoms. The fraction of sp³-hybridized carbons (Fsp3) is 0.778. The normalized spacial score (nSPS) is 20.7. The number of aromatic nitrogens is 2. The molecular weight excluding hydrogens is 318 g/mol. The molecule has 7 nitrogen and oxygen atoms in total. The number of ether oxygens (including phenoxy) is 1. The van der Waals surface area contributed by atoms with Crippen LogP contribution < -0.4 is 0 Å². The van der Waals surface area contributed by atoms with Gasteiger partial charge in [-0.2, -0.15) is 5.10 Å². The van der Waals surface area contributed by atoms with E-state index < -0.39 is 0 Å². The number of nitrogens with zero attached hydrogens (tertiary/aromatic N) is 5. The van der Waals surface area contributed by atoms with Crippen LogP contribution in [0.4, 0.5) is 0 Å². The minimum Gasteiger partial charge on any atom is -0.381 e. The summed E-state index contributed by atoms with van der Waals surface area (Å²) in [6.07, 6.45) is 6.37. The van der Waals surface area contributed by atoms with Crippen LogP contribution in [0.2, 0.25) is 0 Å². The Bertz CT molecular complexity index is 547. The highest BCUT2D eigenvalue weighted by Gasteiger charge is 2.27. The smallest absolute Gasteiger partial charge is 0.257 e. The van der Waals surface area contributed by atoms with E-state index in [2.05, 4.69) is 26.8 Å². The molecule has 2 saturated heterocycles. The van der Waals surface area contributed by atoms with Crippen molar-refractivity contribution in [1.82, 2.24) is 24.5 Å². The number of piperazine rings is 1. The lowest BCUT2D eigenvalue weighted by Gasteiger charge is -2.36. The van der Waals surface area contributed by atoms with Crippen molar-refractivity contribution in [3.05, 3.63) is 18.0 Å². The zero-order valence-electron chi connectivity index (χ0n) is 15.6. The van der Waals surface area contributed by atoms with Crippen molar-refractivity contribution >= 4 is 5.91 Å². The Hall–Kier alpha value is -1.44. The van der Waals surface area contributed by atoms with Gasteiger partial charge in [-0.25, -0.2) is 0 Å². The van der Waals surface area contributed by atoms with E-state index in [1.165, 1.54) is 0 Å². The van der Waals surface area contributed by atoms with Crippen LogP contribution >= 0.6 is 0 Å². The molecule has 0 saturated carbocycles. The predicted molar refractivity (Wildman–Crippen MR) is 96.6 cm³/mol. The Balaban J connectivity index is 1.57. The number of hydrogen-bond acceptors (Lipinski definition) is 5. The second-order valence-electron chi connectivity index (χ2n) is 7.24. The maximum Gasteiger partial charge on any atom is 0.257 e. The predicted octanol–water partition coefficient (Wildman–Crippen LogP) is 0.679. The standard InChI is InChI=1S/C18H31N5O2/c1-20-8-10-22(11-9-20)6-3-7-23(17-4-12-25-13-5-17)18(24)16-14-19-21(2)15-16/h14-15,17H,3-13H2,1-2H3. The van der Waals surface area contributed by atoms with Crippen molar-refractivity contribution in [2.75, 3.05) is 59.5 Å².